The first-order valence-corrected chi connectivity index (χ1v) is 22.6. The molecule has 11 nitrogen and oxygen atoms in total. The Morgan fingerprint density at radius 2 is 1.61 bits per heavy atom. The number of anilines is 2. The van der Waals surface area contributed by atoms with Crippen molar-refractivity contribution in [1.29, 1.82) is 0 Å². The molecule has 6 heterocycles. The lowest BCUT2D eigenvalue weighted by Crippen LogP contribution is -2.58. The highest BCUT2D eigenvalue weighted by atomic mass is 16.5. The van der Waals surface area contributed by atoms with Gasteiger partial charge in [0.2, 0.25) is 11.8 Å². The number of carbonyl (C=O) groups excluding carboxylic acids is 3. The number of carbonyl (C=O) groups is 3. The summed E-state index contributed by atoms with van der Waals surface area (Å²) in [6.45, 7) is 7.57. The number of nitrogens with one attached hydrogen (secondary N) is 1. The first-order valence-electron chi connectivity index (χ1n) is 22.6. The third-order valence-corrected chi connectivity index (χ3v) is 15.2. The quantitative estimate of drug-likeness (QED) is 0.215. The van der Waals surface area contributed by atoms with Crippen molar-refractivity contribution in [3.8, 4) is 11.5 Å². The standard InChI is InChI=1S/C50H55N5O6/c56-39-11-13-41-35(24-39)8-12-40(33-4-2-1-3-5-33)47(41)34-6-9-37(10-7-34)53-20-18-50(19-21-53)17-16-32(30-61-50)27-52-22-23-54-38(29-52)31-60-45-26-42-36(25-44(45)54)28-55(49(42)59)43-14-15-46(57)51-48(43)58/h1-7,9-11,13,24-26,32,38,40,43,47,56H,8,12,14-23,27-31H2,(H,51,57,58)/t32?,38-,40+,43?,47-/m0/s1. The van der Waals surface area contributed by atoms with Crippen LogP contribution in [0.5, 0.6) is 11.5 Å². The summed E-state index contributed by atoms with van der Waals surface area (Å²) in [6, 6.07) is 29.8. The van der Waals surface area contributed by atoms with Crippen LogP contribution in [0.25, 0.3) is 0 Å². The smallest absolute Gasteiger partial charge is 0.255 e. The van der Waals surface area contributed by atoms with E-state index < -0.39 is 6.04 Å². The van der Waals surface area contributed by atoms with Crippen LogP contribution in [0.4, 0.5) is 11.4 Å². The average molecular weight is 822 g/mol. The highest BCUT2D eigenvalue weighted by Crippen LogP contribution is 2.48. The zero-order valence-corrected chi connectivity index (χ0v) is 34.8. The zero-order valence-electron chi connectivity index (χ0n) is 34.8. The monoisotopic (exact) mass is 821 g/mol. The molecule has 4 saturated heterocycles. The topological polar surface area (TPSA) is 115 Å². The van der Waals surface area contributed by atoms with Gasteiger partial charge in [0.25, 0.3) is 5.91 Å². The molecule has 4 fully saturated rings. The third-order valence-electron chi connectivity index (χ3n) is 15.2. The van der Waals surface area contributed by atoms with E-state index in [-0.39, 0.29) is 41.7 Å². The SMILES string of the molecule is O=C1CCC(N2Cc3cc4c(cc3C2=O)OC[C@@H]2CN(CC3CCC5(CCN(c6ccc([C@@H]7c8ccc(O)cc8CC[C@@H]7c7ccccc7)cc6)CC5)OC3)CCN42)C(=O)N1. The molecule has 4 aromatic rings. The predicted molar refractivity (Wildman–Crippen MR) is 232 cm³/mol. The molecule has 4 aromatic carbocycles. The number of amides is 3. The second-order valence-corrected chi connectivity index (χ2v) is 18.7. The fourth-order valence-corrected chi connectivity index (χ4v) is 11.8. The fraction of sp³-hybridized carbons (Fsp3) is 0.460. The molecular formula is C50H55N5O6. The van der Waals surface area contributed by atoms with Crippen molar-refractivity contribution < 1.29 is 29.0 Å². The van der Waals surface area contributed by atoms with Crippen LogP contribution >= 0.6 is 0 Å². The molecule has 0 saturated carbocycles. The minimum Gasteiger partial charge on any atom is -0.508 e. The number of piperidine rings is 2. The number of piperazine rings is 1. The maximum absolute atomic E-state index is 13.4. The molecule has 0 aromatic heterocycles. The Balaban J connectivity index is 0.680. The number of fused-ring (bicyclic) bond motifs is 5. The number of benzene rings is 4. The van der Waals surface area contributed by atoms with Crippen LogP contribution < -0.4 is 19.9 Å². The van der Waals surface area contributed by atoms with Crippen LogP contribution in [0, 0.1) is 5.92 Å². The number of hydrogen-bond acceptors (Lipinski definition) is 9. The Morgan fingerprint density at radius 3 is 2.39 bits per heavy atom. The lowest BCUT2D eigenvalue weighted by Gasteiger charge is -2.48. The highest BCUT2D eigenvalue weighted by Gasteiger charge is 2.43. The van der Waals surface area contributed by atoms with E-state index in [9.17, 15) is 19.5 Å². The Hall–Kier alpha value is -5.39. The summed E-state index contributed by atoms with van der Waals surface area (Å²) in [5.74, 6) is 1.41. The first kappa shape index (κ1) is 38.5. The number of phenols is 1. The van der Waals surface area contributed by atoms with Crippen molar-refractivity contribution in [1.82, 2.24) is 15.1 Å². The van der Waals surface area contributed by atoms with Crippen molar-refractivity contribution in [3.05, 3.63) is 118 Å². The number of aryl methyl sites for hydroxylation is 1. The summed E-state index contributed by atoms with van der Waals surface area (Å²) in [5, 5.41) is 12.7. The van der Waals surface area contributed by atoms with Crippen LogP contribution in [-0.4, -0.2) is 103 Å². The van der Waals surface area contributed by atoms with Gasteiger partial charge in [-0.2, -0.15) is 0 Å². The van der Waals surface area contributed by atoms with Gasteiger partial charge in [0.05, 0.1) is 23.9 Å². The largest absolute Gasteiger partial charge is 0.508 e. The van der Waals surface area contributed by atoms with Crippen LogP contribution in [0.1, 0.15) is 95.0 Å². The minimum absolute atomic E-state index is 0.0255. The van der Waals surface area contributed by atoms with Gasteiger partial charge >= 0.3 is 0 Å². The summed E-state index contributed by atoms with van der Waals surface area (Å²) in [5.41, 5.74) is 9.11. The van der Waals surface area contributed by atoms with Gasteiger partial charge in [0, 0.05) is 69.4 Å². The lowest BCUT2D eigenvalue weighted by molar-refractivity contribution is -0.136. The maximum Gasteiger partial charge on any atom is 0.255 e. The molecule has 1 aliphatic carbocycles. The van der Waals surface area contributed by atoms with E-state index in [1.807, 2.05) is 18.2 Å². The minimum atomic E-state index is -0.624. The number of rotatable bonds is 6. The molecular weight excluding hydrogens is 767 g/mol. The molecule has 2 unspecified atom stereocenters. The molecule has 6 aliphatic heterocycles. The summed E-state index contributed by atoms with van der Waals surface area (Å²) in [7, 11) is 0. The van der Waals surface area contributed by atoms with Gasteiger partial charge in [-0.05, 0) is 121 Å². The van der Waals surface area contributed by atoms with Gasteiger partial charge in [-0.1, -0.05) is 48.5 Å². The van der Waals surface area contributed by atoms with E-state index in [0.717, 1.165) is 95.0 Å². The van der Waals surface area contributed by atoms with E-state index in [0.29, 0.717) is 42.7 Å². The molecule has 11 rings (SSSR count). The van der Waals surface area contributed by atoms with E-state index in [4.69, 9.17) is 9.47 Å². The van der Waals surface area contributed by atoms with E-state index >= 15 is 0 Å². The second-order valence-electron chi connectivity index (χ2n) is 18.7. The molecule has 1 spiro atoms. The zero-order chi connectivity index (χ0) is 41.2. The fourth-order valence-electron chi connectivity index (χ4n) is 11.8. The number of hydrogen-bond donors (Lipinski definition) is 2. The van der Waals surface area contributed by atoms with Gasteiger partial charge in [-0.15, -0.1) is 0 Å². The number of phenolic OH excluding ortho intramolecular Hbond substituents is 1. The molecule has 3 amide bonds. The molecule has 316 valence electrons. The van der Waals surface area contributed by atoms with E-state index in [2.05, 4.69) is 86.7 Å². The maximum atomic E-state index is 13.4. The molecule has 0 radical (unpaired) electrons. The van der Waals surface area contributed by atoms with Gasteiger partial charge in [0.15, 0.2) is 0 Å². The Morgan fingerprint density at radius 1 is 0.770 bits per heavy atom. The number of nitrogens with zero attached hydrogens (tertiary/aromatic N) is 4. The number of imide groups is 1. The Bertz CT molecular complexity index is 2330. The average Bonchev–Trinajstić information content (AvgIpc) is 3.60. The molecule has 0 bridgehead atoms. The third kappa shape index (κ3) is 7.13. The summed E-state index contributed by atoms with van der Waals surface area (Å²) in [4.78, 5) is 46.9. The van der Waals surface area contributed by atoms with E-state index in [1.165, 1.54) is 34.4 Å². The van der Waals surface area contributed by atoms with Gasteiger partial charge in [-0.25, -0.2) is 0 Å². The van der Waals surface area contributed by atoms with Crippen LogP contribution in [0.15, 0.2) is 84.9 Å². The molecule has 2 N–H and O–H groups in total. The van der Waals surface area contributed by atoms with Crippen molar-refractivity contribution in [2.24, 2.45) is 5.92 Å². The van der Waals surface area contributed by atoms with E-state index in [1.54, 1.807) is 4.90 Å². The summed E-state index contributed by atoms with van der Waals surface area (Å²) in [6.07, 6.45) is 7.04. The van der Waals surface area contributed by atoms with Crippen molar-refractivity contribution in [3.63, 3.8) is 0 Å². The van der Waals surface area contributed by atoms with Gasteiger partial charge < -0.3 is 29.3 Å². The summed E-state index contributed by atoms with van der Waals surface area (Å²) >= 11 is 0. The molecule has 11 heteroatoms. The second kappa shape index (κ2) is 15.5. The lowest BCUT2D eigenvalue weighted by atomic mass is 9.69. The molecule has 5 atom stereocenters. The molecule has 7 aliphatic rings. The predicted octanol–water partition coefficient (Wildman–Crippen LogP) is 6.36. The van der Waals surface area contributed by atoms with Gasteiger partial charge in [-0.3, -0.25) is 24.6 Å². The Kier molecular flexibility index (Phi) is 9.79. The van der Waals surface area contributed by atoms with Crippen molar-refractivity contribution in [2.45, 2.75) is 87.4 Å². The summed E-state index contributed by atoms with van der Waals surface area (Å²) < 4.78 is 13.1. The first-order chi connectivity index (χ1) is 29.8. The molecule has 61 heavy (non-hydrogen) atoms. The van der Waals surface area contributed by atoms with Crippen LogP contribution in [-0.2, 0) is 27.3 Å². The van der Waals surface area contributed by atoms with Crippen molar-refractivity contribution >= 4 is 29.1 Å². The van der Waals surface area contributed by atoms with Gasteiger partial charge in [0.1, 0.15) is 24.1 Å². The van der Waals surface area contributed by atoms with Crippen LogP contribution in [0.3, 0.4) is 0 Å². The Labute approximate surface area is 357 Å². The highest BCUT2D eigenvalue weighted by molar-refractivity contribution is 6.06. The normalized spacial score (nSPS) is 27.2. The van der Waals surface area contributed by atoms with Crippen molar-refractivity contribution in [2.75, 3.05) is 62.3 Å². The number of aromatic hydroxyl groups is 1. The van der Waals surface area contributed by atoms with Crippen LogP contribution in [0.2, 0.25) is 0 Å². The number of ether oxygens (including phenoxy) is 2.